The van der Waals surface area contributed by atoms with Gasteiger partial charge in [-0.1, -0.05) is 13.0 Å². The maximum absolute atomic E-state index is 13.4. The van der Waals surface area contributed by atoms with E-state index < -0.39 is 29.2 Å². The first-order valence-corrected chi connectivity index (χ1v) is 7.11. The minimum atomic E-state index is -1.49. The molecule has 1 aromatic carbocycles. The third-order valence-electron chi connectivity index (χ3n) is 2.98. The van der Waals surface area contributed by atoms with Gasteiger partial charge in [-0.15, -0.1) is 0 Å². The number of nitrogens with one attached hydrogen (secondary N) is 2. The normalized spacial score (nSPS) is 11.8. The first kappa shape index (κ1) is 18.0. The molecule has 0 radical (unpaired) electrons. The van der Waals surface area contributed by atoms with Crippen molar-refractivity contribution in [2.24, 2.45) is 0 Å². The van der Waals surface area contributed by atoms with Gasteiger partial charge >= 0.3 is 0 Å². The molecule has 1 aromatic rings. The van der Waals surface area contributed by atoms with Gasteiger partial charge in [0.1, 0.15) is 17.7 Å². The Morgan fingerprint density at radius 3 is 2.23 bits per heavy atom. The first-order valence-electron chi connectivity index (χ1n) is 7.11. The van der Waals surface area contributed by atoms with Crippen LogP contribution >= 0.6 is 0 Å². The fourth-order valence-electron chi connectivity index (χ4n) is 1.81. The lowest BCUT2D eigenvalue weighted by atomic mass is 10.1. The van der Waals surface area contributed by atoms with Gasteiger partial charge in [-0.3, -0.25) is 9.59 Å². The van der Waals surface area contributed by atoms with E-state index in [0.717, 1.165) is 18.6 Å². The van der Waals surface area contributed by atoms with E-state index in [9.17, 15) is 23.5 Å². The Labute approximate surface area is 127 Å². The van der Waals surface area contributed by atoms with Gasteiger partial charge in [0, 0.05) is 25.9 Å². The molecule has 0 heterocycles. The minimum absolute atomic E-state index is 0.0238. The van der Waals surface area contributed by atoms with Crippen LogP contribution < -0.4 is 10.6 Å². The van der Waals surface area contributed by atoms with Crippen LogP contribution in [0.3, 0.4) is 0 Å². The van der Waals surface area contributed by atoms with E-state index >= 15 is 0 Å². The van der Waals surface area contributed by atoms with Crippen LogP contribution in [0.1, 0.15) is 37.9 Å². The monoisotopic (exact) mass is 314 g/mol. The van der Waals surface area contributed by atoms with Gasteiger partial charge in [0.15, 0.2) is 0 Å². The Balaban J connectivity index is 2.39. The Hall–Kier alpha value is -2.02. The number of benzene rings is 1. The number of aliphatic hydroxyl groups is 1. The predicted octanol–water partition coefficient (Wildman–Crippen LogP) is 1.42. The second-order valence-electron chi connectivity index (χ2n) is 4.81. The number of hydrogen-bond acceptors (Lipinski definition) is 3. The highest BCUT2D eigenvalue weighted by Gasteiger charge is 2.18. The molecular weight excluding hydrogens is 294 g/mol. The average molecular weight is 314 g/mol. The van der Waals surface area contributed by atoms with Crippen LogP contribution in [0.25, 0.3) is 0 Å². The lowest BCUT2D eigenvalue weighted by Crippen LogP contribution is -2.31. The molecule has 0 bridgehead atoms. The zero-order valence-electron chi connectivity index (χ0n) is 12.4. The zero-order valence-corrected chi connectivity index (χ0v) is 12.4. The van der Waals surface area contributed by atoms with Crippen molar-refractivity contribution < 1.29 is 23.5 Å². The van der Waals surface area contributed by atoms with Gasteiger partial charge in [-0.05, 0) is 18.6 Å². The highest BCUT2D eigenvalue weighted by Crippen LogP contribution is 2.19. The molecule has 0 spiro atoms. The lowest BCUT2D eigenvalue weighted by molar-refractivity contribution is -0.126. The average Bonchev–Trinajstić information content (AvgIpc) is 2.48. The molecule has 0 aliphatic carbocycles. The number of amides is 2. The third-order valence-corrected chi connectivity index (χ3v) is 2.98. The molecule has 0 saturated carbocycles. The zero-order chi connectivity index (χ0) is 16.5. The van der Waals surface area contributed by atoms with Crippen molar-refractivity contribution in [3.63, 3.8) is 0 Å². The van der Waals surface area contributed by atoms with Gasteiger partial charge < -0.3 is 15.7 Å². The number of halogens is 2. The number of carbonyl (C=O) groups is 2. The van der Waals surface area contributed by atoms with E-state index in [2.05, 4.69) is 10.6 Å². The van der Waals surface area contributed by atoms with Crippen molar-refractivity contribution in [1.82, 2.24) is 10.6 Å². The van der Waals surface area contributed by atoms with Crippen molar-refractivity contribution in [2.45, 2.75) is 32.3 Å². The van der Waals surface area contributed by atoms with Gasteiger partial charge in [-0.25, -0.2) is 8.78 Å². The van der Waals surface area contributed by atoms with Crippen LogP contribution in [-0.2, 0) is 9.59 Å². The summed E-state index contributed by atoms with van der Waals surface area (Å²) >= 11 is 0. The first-order chi connectivity index (χ1) is 10.5. The van der Waals surface area contributed by atoms with Crippen LogP contribution in [0.2, 0.25) is 0 Å². The van der Waals surface area contributed by atoms with E-state index in [1.165, 1.54) is 6.07 Å². The highest BCUT2D eigenvalue weighted by molar-refractivity contribution is 5.83. The number of aliphatic hydroxyl groups excluding tert-OH is 1. The van der Waals surface area contributed by atoms with Crippen molar-refractivity contribution >= 4 is 11.8 Å². The molecule has 0 aliphatic rings. The number of rotatable bonds is 8. The van der Waals surface area contributed by atoms with Crippen LogP contribution in [0.5, 0.6) is 0 Å². The lowest BCUT2D eigenvalue weighted by Gasteiger charge is -2.13. The van der Waals surface area contributed by atoms with Crippen molar-refractivity contribution in [3.8, 4) is 0 Å². The molecule has 1 rings (SSSR count). The van der Waals surface area contributed by atoms with Crippen LogP contribution in [0.15, 0.2) is 18.2 Å². The van der Waals surface area contributed by atoms with Crippen LogP contribution in [0.4, 0.5) is 8.78 Å². The molecule has 0 aliphatic heterocycles. The molecular formula is C15H20F2N2O3. The fraction of sp³-hybridized carbons (Fsp3) is 0.467. The molecule has 2 amide bonds. The number of hydrogen-bond donors (Lipinski definition) is 3. The molecule has 0 aromatic heterocycles. The topological polar surface area (TPSA) is 78.4 Å². The van der Waals surface area contributed by atoms with E-state index in [1.807, 2.05) is 6.92 Å². The van der Waals surface area contributed by atoms with E-state index in [4.69, 9.17) is 0 Å². The molecule has 1 unspecified atom stereocenters. The van der Waals surface area contributed by atoms with Gasteiger partial charge in [0.2, 0.25) is 11.8 Å². The van der Waals surface area contributed by atoms with Gasteiger partial charge in [0.05, 0.1) is 5.56 Å². The van der Waals surface area contributed by atoms with Crippen LogP contribution in [-0.4, -0.2) is 30.0 Å². The van der Waals surface area contributed by atoms with E-state index in [0.29, 0.717) is 6.54 Å². The molecule has 122 valence electrons. The summed E-state index contributed by atoms with van der Waals surface area (Å²) in [5.74, 6) is -2.46. The molecule has 7 heteroatoms. The maximum Gasteiger partial charge on any atom is 0.220 e. The Morgan fingerprint density at radius 1 is 1.14 bits per heavy atom. The summed E-state index contributed by atoms with van der Waals surface area (Å²) in [6, 6.07) is 3.25. The van der Waals surface area contributed by atoms with Crippen molar-refractivity contribution in [2.75, 3.05) is 13.1 Å². The fourth-order valence-corrected chi connectivity index (χ4v) is 1.81. The summed E-state index contributed by atoms with van der Waals surface area (Å²) in [6.45, 7) is 2.13. The SMILES string of the molecule is CCCNC(=O)CCC(=O)NCC(O)c1c(F)cccc1F. The van der Waals surface area contributed by atoms with Crippen molar-refractivity contribution in [3.05, 3.63) is 35.4 Å². The Bertz CT molecular complexity index is 503. The molecule has 0 saturated heterocycles. The molecule has 5 nitrogen and oxygen atoms in total. The summed E-state index contributed by atoms with van der Waals surface area (Å²) in [5, 5.41) is 14.7. The molecule has 1 atom stereocenters. The highest BCUT2D eigenvalue weighted by atomic mass is 19.1. The summed E-state index contributed by atoms with van der Waals surface area (Å²) in [5.41, 5.74) is -0.483. The Kier molecular flexibility index (Phi) is 7.45. The van der Waals surface area contributed by atoms with E-state index in [1.54, 1.807) is 0 Å². The van der Waals surface area contributed by atoms with Gasteiger partial charge in [0.25, 0.3) is 0 Å². The summed E-state index contributed by atoms with van der Waals surface area (Å²) < 4.78 is 26.9. The third kappa shape index (κ3) is 5.77. The summed E-state index contributed by atoms with van der Waals surface area (Å²) in [6.07, 6.45) is -0.713. The second-order valence-corrected chi connectivity index (χ2v) is 4.81. The van der Waals surface area contributed by atoms with E-state index in [-0.39, 0.29) is 25.3 Å². The smallest absolute Gasteiger partial charge is 0.220 e. The molecule has 0 fully saturated rings. The van der Waals surface area contributed by atoms with Crippen molar-refractivity contribution in [1.29, 1.82) is 0 Å². The largest absolute Gasteiger partial charge is 0.386 e. The predicted molar refractivity (Wildman–Crippen MR) is 76.9 cm³/mol. The van der Waals surface area contributed by atoms with Crippen LogP contribution in [0, 0.1) is 11.6 Å². The van der Waals surface area contributed by atoms with Gasteiger partial charge in [-0.2, -0.15) is 0 Å². The molecule has 22 heavy (non-hydrogen) atoms. The Morgan fingerprint density at radius 2 is 1.68 bits per heavy atom. The minimum Gasteiger partial charge on any atom is -0.386 e. The maximum atomic E-state index is 13.4. The quantitative estimate of drug-likeness (QED) is 0.679. The summed E-state index contributed by atoms with van der Waals surface area (Å²) in [4.78, 5) is 22.9. The summed E-state index contributed by atoms with van der Waals surface area (Å²) in [7, 11) is 0. The number of carbonyl (C=O) groups excluding carboxylic acids is 2. The second kappa shape index (κ2) is 9.09. The molecule has 3 N–H and O–H groups in total. The standard InChI is InChI=1S/C15H20F2N2O3/c1-2-8-18-13(21)6-7-14(22)19-9-12(20)15-10(16)4-3-5-11(15)17/h3-5,12,20H,2,6-9H2,1H3,(H,18,21)(H,19,22).